The van der Waals surface area contributed by atoms with E-state index in [-0.39, 0.29) is 6.04 Å². The molecular weight excluding hydrogens is 274 g/mol. The maximum Gasteiger partial charge on any atom is 0.335 e. The standard InChI is InChI=1S/C19H17NO2/c21-19(22)13-10-8-12(9-11-13)18-16-6-3-5-14(16)15-4-1-2-7-17(15)20-18/h1-5,7-11,14,16,18,20H,6H2,(H,21,22)/t14-,16+,18-/m0/s1. The van der Waals surface area contributed by atoms with Crippen molar-refractivity contribution < 1.29 is 9.90 Å². The molecule has 2 N–H and O–H groups in total. The van der Waals surface area contributed by atoms with Gasteiger partial charge in [-0.15, -0.1) is 0 Å². The van der Waals surface area contributed by atoms with Gasteiger partial charge in [0.15, 0.2) is 0 Å². The lowest BCUT2D eigenvalue weighted by Gasteiger charge is -2.37. The monoisotopic (exact) mass is 291 g/mol. The Kier molecular flexibility index (Phi) is 3.00. The molecule has 1 heterocycles. The number of rotatable bonds is 2. The first-order valence-electron chi connectivity index (χ1n) is 7.59. The molecule has 0 aromatic heterocycles. The van der Waals surface area contributed by atoms with Gasteiger partial charge in [0, 0.05) is 11.6 Å². The lowest BCUT2D eigenvalue weighted by Crippen LogP contribution is -2.28. The number of carboxylic acids is 1. The Morgan fingerprint density at radius 2 is 1.86 bits per heavy atom. The van der Waals surface area contributed by atoms with E-state index < -0.39 is 5.97 Å². The largest absolute Gasteiger partial charge is 0.478 e. The van der Waals surface area contributed by atoms with Crippen LogP contribution in [0.2, 0.25) is 0 Å². The molecule has 0 bridgehead atoms. The van der Waals surface area contributed by atoms with Crippen LogP contribution >= 0.6 is 0 Å². The summed E-state index contributed by atoms with van der Waals surface area (Å²) in [5, 5.41) is 12.7. The van der Waals surface area contributed by atoms with Crippen molar-refractivity contribution in [1.82, 2.24) is 0 Å². The number of anilines is 1. The summed E-state index contributed by atoms with van der Waals surface area (Å²) in [6.45, 7) is 0. The van der Waals surface area contributed by atoms with Gasteiger partial charge in [-0.05, 0) is 41.7 Å². The highest BCUT2D eigenvalue weighted by molar-refractivity contribution is 5.87. The van der Waals surface area contributed by atoms with Crippen LogP contribution in [-0.2, 0) is 0 Å². The number of para-hydroxylation sites is 1. The first-order chi connectivity index (χ1) is 10.7. The second-order valence-corrected chi connectivity index (χ2v) is 5.99. The van der Waals surface area contributed by atoms with Gasteiger partial charge >= 0.3 is 5.97 Å². The van der Waals surface area contributed by atoms with Crippen LogP contribution in [0.3, 0.4) is 0 Å². The van der Waals surface area contributed by atoms with Gasteiger partial charge in [-0.25, -0.2) is 4.79 Å². The van der Waals surface area contributed by atoms with Crippen molar-refractivity contribution in [2.75, 3.05) is 5.32 Å². The minimum absolute atomic E-state index is 0.220. The highest BCUT2D eigenvalue weighted by Gasteiger charge is 2.37. The van der Waals surface area contributed by atoms with Crippen LogP contribution in [0.25, 0.3) is 0 Å². The smallest absolute Gasteiger partial charge is 0.335 e. The Hall–Kier alpha value is -2.55. The van der Waals surface area contributed by atoms with Gasteiger partial charge in [-0.1, -0.05) is 42.5 Å². The van der Waals surface area contributed by atoms with Gasteiger partial charge in [0.05, 0.1) is 11.6 Å². The van der Waals surface area contributed by atoms with Crippen molar-refractivity contribution in [1.29, 1.82) is 0 Å². The fourth-order valence-electron chi connectivity index (χ4n) is 3.71. The number of hydrogen-bond donors (Lipinski definition) is 2. The Balaban J connectivity index is 1.72. The highest BCUT2D eigenvalue weighted by Crippen LogP contribution is 2.49. The van der Waals surface area contributed by atoms with E-state index in [0.29, 0.717) is 17.4 Å². The van der Waals surface area contributed by atoms with Crippen LogP contribution in [0.5, 0.6) is 0 Å². The van der Waals surface area contributed by atoms with Crippen molar-refractivity contribution in [2.45, 2.75) is 18.4 Å². The van der Waals surface area contributed by atoms with E-state index >= 15 is 0 Å². The minimum Gasteiger partial charge on any atom is -0.478 e. The summed E-state index contributed by atoms with van der Waals surface area (Å²) >= 11 is 0. The zero-order valence-electron chi connectivity index (χ0n) is 12.1. The number of hydrogen-bond acceptors (Lipinski definition) is 2. The molecule has 0 radical (unpaired) electrons. The molecule has 0 saturated heterocycles. The van der Waals surface area contributed by atoms with Crippen LogP contribution in [-0.4, -0.2) is 11.1 Å². The van der Waals surface area contributed by atoms with Crippen LogP contribution < -0.4 is 5.32 Å². The molecule has 0 amide bonds. The maximum absolute atomic E-state index is 11.0. The molecular formula is C19H17NO2. The van der Waals surface area contributed by atoms with E-state index in [9.17, 15) is 4.79 Å². The van der Waals surface area contributed by atoms with Crippen LogP contribution in [0.15, 0.2) is 60.7 Å². The predicted molar refractivity (Wildman–Crippen MR) is 86.2 cm³/mol. The average Bonchev–Trinajstić information content (AvgIpc) is 3.04. The van der Waals surface area contributed by atoms with Crippen LogP contribution in [0, 0.1) is 5.92 Å². The number of benzene rings is 2. The minimum atomic E-state index is -0.881. The molecule has 110 valence electrons. The molecule has 2 aromatic rings. The van der Waals surface area contributed by atoms with Crippen molar-refractivity contribution in [2.24, 2.45) is 5.92 Å². The zero-order valence-corrected chi connectivity index (χ0v) is 12.1. The fourth-order valence-corrected chi connectivity index (χ4v) is 3.71. The van der Waals surface area contributed by atoms with Crippen molar-refractivity contribution >= 4 is 11.7 Å². The molecule has 0 spiro atoms. The van der Waals surface area contributed by atoms with E-state index in [1.54, 1.807) is 12.1 Å². The van der Waals surface area contributed by atoms with Gasteiger partial charge in [0.25, 0.3) is 0 Å². The fraction of sp³-hybridized carbons (Fsp3) is 0.211. The van der Waals surface area contributed by atoms with Gasteiger partial charge < -0.3 is 10.4 Å². The summed E-state index contributed by atoms with van der Waals surface area (Å²) in [7, 11) is 0. The molecule has 0 fully saturated rings. The average molecular weight is 291 g/mol. The number of carboxylic acid groups (broad SMARTS) is 1. The summed E-state index contributed by atoms with van der Waals surface area (Å²) in [4.78, 5) is 11.0. The summed E-state index contributed by atoms with van der Waals surface area (Å²) < 4.78 is 0. The first-order valence-corrected chi connectivity index (χ1v) is 7.59. The molecule has 0 saturated carbocycles. The normalized spacial score (nSPS) is 25.2. The molecule has 3 nitrogen and oxygen atoms in total. The molecule has 1 aliphatic heterocycles. The third-order valence-electron chi connectivity index (χ3n) is 4.79. The van der Waals surface area contributed by atoms with Crippen molar-refractivity contribution in [3.8, 4) is 0 Å². The lowest BCUT2D eigenvalue weighted by atomic mass is 9.77. The Morgan fingerprint density at radius 3 is 2.64 bits per heavy atom. The first kappa shape index (κ1) is 13.1. The van der Waals surface area contributed by atoms with Crippen molar-refractivity contribution in [3.05, 3.63) is 77.4 Å². The van der Waals surface area contributed by atoms with Crippen LogP contribution in [0.4, 0.5) is 5.69 Å². The second-order valence-electron chi connectivity index (χ2n) is 5.99. The summed E-state index contributed by atoms with van der Waals surface area (Å²) in [6.07, 6.45) is 5.62. The van der Waals surface area contributed by atoms with E-state index in [1.165, 1.54) is 11.3 Å². The van der Waals surface area contributed by atoms with Gasteiger partial charge in [0.1, 0.15) is 0 Å². The molecule has 2 aromatic carbocycles. The molecule has 0 unspecified atom stereocenters. The summed E-state index contributed by atoms with van der Waals surface area (Å²) in [5.41, 5.74) is 4.03. The molecule has 1 aliphatic carbocycles. The summed E-state index contributed by atoms with van der Waals surface area (Å²) in [6, 6.07) is 15.9. The maximum atomic E-state index is 11.0. The molecule has 3 atom stereocenters. The number of fused-ring (bicyclic) bond motifs is 3. The Morgan fingerprint density at radius 1 is 1.09 bits per heavy atom. The highest BCUT2D eigenvalue weighted by atomic mass is 16.4. The lowest BCUT2D eigenvalue weighted by molar-refractivity contribution is 0.0697. The Labute approximate surface area is 129 Å². The topological polar surface area (TPSA) is 49.3 Å². The second kappa shape index (κ2) is 5.02. The number of allylic oxidation sites excluding steroid dienone is 2. The zero-order chi connectivity index (χ0) is 15.1. The number of carbonyl (C=O) groups is 1. The van der Waals surface area contributed by atoms with E-state index in [0.717, 1.165) is 12.0 Å². The predicted octanol–water partition coefficient (Wildman–Crippen LogP) is 4.21. The van der Waals surface area contributed by atoms with E-state index in [4.69, 9.17) is 5.11 Å². The van der Waals surface area contributed by atoms with Gasteiger partial charge in [0.2, 0.25) is 0 Å². The van der Waals surface area contributed by atoms with Gasteiger partial charge in [-0.2, -0.15) is 0 Å². The van der Waals surface area contributed by atoms with E-state index in [2.05, 4.69) is 41.7 Å². The van der Waals surface area contributed by atoms with Gasteiger partial charge in [-0.3, -0.25) is 0 Å². The van der Waals surface area contributed by atoms with E-state index in [1.807, 2.05) is 12.1 Å². The third kappa shape index (κ3) is 2.01. The molecule has 22 heavy (non-hydrogen) atoms. The number of nitrogens with one attached hydrogen (secondary N) is 1. The SMILES string of the molecule is O=C(O)c1ccc([C@@H]2Nc3ccccc3[C@@H]3C=CC[C@H]32)cc1. The summed E-state index contributed by atoms with van der Waals surface area (Å²) in [5.74, 6) is 0.0566. The van der Waals surface area contributed by atoms with Crippen molar-refractivity contribution in [3.63, 3.8) is 0 Å². The van der Waals surface area contributed by atoms with Crippen LogP contribution in [0.1, 0.15) is 39.9 Å². The quantitative estimate of drug-likeness (QED) is 0.815. The number of aromatic carboxylic acids is 1. The third-order valence-corrected chi connectivity index (χ3v) is 4.79. The molecule has 2 aliphatic rings. The molecule has 4 rings (SSSR count). The Bertz CT molecular complexity index is 748. The molecule has 3 heteroatoms.